The number of anilines is 1. The van der Waals surface area contributed by atoms with Crippen molar-refractivity contribution in [2.24, 2.45) is 0 Å². The van der Waals surface area contributed by atoms with Gasteiger partial charge >= 0.3 is 5.69 Å². The quantitative estimate of drug-likeness (QED) is 0.622. The van der Waals surface area contributed by atoms with Crippen LogP contribution in [0.1, 0.15) is 11.1 Å². The van der Waals surface area contributed by atoms with Crippen molar-refractivity contribution >= 4 is 5.69 Å². The fraction of sp³-hybridized carbons (Fsp3) is 0.308. The number of hydrogen-bond donors (Lipinski definition) is 1. The first kappa shape index (κ1) is 21.4. The third kappa shape index (κ3) is 4.42. The Morgan fingerprint density at radius 3 is 2.85 bits per heavy atom. The van der Waals surface area contributed by atoms with E-state index in [0.717, 1.165) is 40.1 Å². The summed E-state index contributed by atoms with van der Waals surface area (Å²) in [5.41, 5.74) is 7.29. The van der Waals surface area contributed by atoms with Gasteiger partial charge in [0.15, 0.2) is 0 Å². The van der Waals surface area contributed by atoms with E-state index >= 15 is 0 Å². The molecule has 1 fully saturated rings. The SMILES string of the molecule is C=CNc1ccc(-c2ccc3c(c2)CCn2c-3cc(OCC3COCCO3)nc2=O)cc1C. The maximum atomic E-state index is 12.7. The summed E-state index contributed by atoms with van der Waals surface area (Å²) in [4.78, 5) is 16.8. The highest BCUT2D eigenvalue weighted by molar-refractivity contribution is 5.75. The number of aromatic nitrogens is 2. The summed E-state index contributed by atoms with van der Waals surface area (Å²) < 4.78 is 18.5. The lowest BCUT2D eigenvalue weighted by Gasteiger charge is -2.24. The summed E-state index contributed by atoms with van der Waals surface area (Å²) in [6.07, 6.45) is 2.31. The maximum absolute atomic E-state index is 12.7. The Labute approximate surface area is 192 Å². The number of nitrogens with zero attached hydrogens (tertiary/aromatic N) is 2. The van der Waals surface area contributed by atoms with Gasteiger partial charge in [-0.05, 0) is 53.9 Å². The number of hydrogen-bond acceptors (Lipinski definition) is 6. The second-order valence-corrected chi connectivity index (χ2v) is 8.29. The molecule has 0 saturated carbocycles. The minimum Gasteiger partial charge on any atom is -0.475 e. The molecule has 7 heteroatoms. The number of nitrogens with one attached hydrogen (secondary N) is 1. The summed E-state index contributed by atoms with van der Waals surface area (Å²) in [5.74, 6) is 0.318. The summed E-state index contributed by atoms with van der Waals surface area (Å²) in [6, 6.07) is 14.6. The average molecular weight is 446 g/mol. The zero-order valence-corrected chi connectivity index (χ0v) is 18.7. The van der Waals surface area contributed by atoms with Crippen molar-refractivity contribution in [3.05, 3.63) is 76.9 Å². The van der Waals surface area contributed by atoms with Gasteiger partial charge in [-0.25, -0.2) is 4.79 Å². The molecular formula is C26H27N3O4. The molecule has 1 N–H and O–H groups in total. The molecule has 1 saturated heterocycles. The van der Waals surface area contributed by atoms with E-state index in [9.17, 15) is 4.79 Å². The Bertz CT molecular complexity index is 1240. The molecule has 1 aromatic heterocycles. The Kier molecular flexibility index (Phi) is 5.98. The van der Waals surface area contributed by atoms with Crippen LogP contribution in [-0.4, -0.2) is 42.1 Å². The highest BCUT2D eigenvalue weighted by atomic mass is 16.6. The molecule has 5 rings (SSSR count). The molecule has 0 amide bonds. The minimum atomic E-state index is -0.293. The zero-order chi connectivity index (χ0) is 22.8. The number of aryl methyl sites for hydroxylation is 2. The maximum Gasteiger partial charge on any atom is 0.351 e. The van der Waals surface area contributed by atoms with E-state index < -0.39 is 0 Å². The number of fused-ring (bicyclic) bond motifs is 3. The van der Waals surface area contributed by atoms with Crippen LogP contribution in [0.5, 0.6) is 5.88 Å². The van der Waals surface area contributed by atoms with Gasteiger partial charge in [0.2, 0.25) is 5.88 Å². The number of benzene rings is 2. The van der Waals surface area contributed by atoms with E-state index in [1.165, 1.54) is 5.56 Å². The predicted octanol–water partition coefficient (Wildman–Crippen LogP) is 3.79. The van der Waals surface area contributed by atoms with Crippen LogP contribution in [0.3, 0.4) is 0 Å². The van der Waals surface area contributed by atoms with Gasteiger partial charge in [-0.3, -0.25) is 4.57 Å². The molecular weight excluding hydrogens is 418 g/mol. The average Bonchev–Trinajstić information content (AvgIpc) is 2.84. The first-order valence-electron chi connectivity index (χ1n) is 11.2. The van der Waals surface area contributed by atoms with Gasteiger partial charge in [-0.1, -0.05) is 30.8 Å². The molecule has 1 unspecified atom stereocenters. The van der Waals surface area contributed by atoms with Gasteiger partial charge in [-0.15, -0.1) is 0 Å². The molecule has 3 aromatic rings. The molecule has 33 heavy (non-hydrogen) atoms. The topological polar surface area (TPSA) is 74.6 Å². The second kappa shape index (κ2) is 9.21. The summed E-state index contributed by atoms with van der Waals surface area (Å²) >= 11 is 0. The number of ether oxygens (including phenoxy) is 3. The molecule has 2 aromatic carbocycles. The van der Waals surface area contributed by atoms with E-state index in [1.807, 2.05) is 6.07 Å². The van der Waals surface area contributed by atoms with Crippen molar-refractivity contribution in [2.75, 3.05) is 31.7 Å². The van der Waals surface area contributed by atoms with Crippen LogP contribution in [0, 0.1) is 6.92 Å². The first-order chi connectivity index (χ1) is 16.1. The highest BCUT2D eigenvalue weighted by Crippen LogP contribution is 2.34. The van der Waals surface area contributed by atoms with Crippen LogP contribution in [0.2, 0.25) is 0 Å². The fourth-order valence-electron chi connectivity index (χ4n) is 4.39. The van der Waals surface area contributed by atoms with Crippen LogP contribution < -0.4 is 15.7 Å². The highest BCUT2D eigenvalue weighted by Gasteiger charge is 2.21. The molecule has 0 bridgehead atoms. The standard InChI is InChI=1S/C26H27N3O4/c1-3-27-23-7-5-18(12-17(23)2)19-4-6-22-20(13-19)8-9-29-24(22)14-25(28-26(29)30)33-16-21-15-31-10-11-32-21/h3-7,12-14,21,27H,1,8-11,15-16H2,2H3. The monoisotopic (exact) mass is 445 g/mol. The summed E-state index contributed by atoms with van der Waals surface area (Å²) in [7, 11) is 0. The van der Waals surface area contributed by atoms with Crippen LogP contribution in [0.4, 0.5) is 5.69 Å². The van der Waals surface area contributed by atoms with Gasteiger partial charge in [0.25, 0.3) is 0 Å². The Morgan fingerprint density at radius 1 is 1.21 bits per heavy atom. The first-order valence-corrected chi connectivity index (χ1v) is 11.2. The van der Waals surface area contributed by atoms with Crippen molar-refractivity contribution < 1.29 is 14.2 Å². The van der Waals surface area contributed by atoms with E-state index in [4.69, 9.17) is 14.2 Å². The smallest absolute Gasteiger partial charge is 0.351 e. The normalized spacial score (nSPS) is 17.1. The largest absolute Gasteiger partial charge is 0.475 e. The van der Waals surface area contributed by atoms with Crippen LogP contribution in [0.25, 0.3) is 22.4 Å². The van der Waals surface area contributed by atoms with Gasteiger partial charge < -0.3 is 19.5 Å². The predicted molar refractivity (Wildman–Crippen MR) is 128 cm³/mol. The van der Waals surface area contributed by atoms with Gasteiger partial charge in [0.05, 0.1) is 25.5 Å². The van der Waals surface area contributed by atoms with Crippen LogP contribution >= 0.6 is 0 Å². The minimum absolute atomic E-state index is 0.147. The molecule has 170 valence electrons. The lowest BCUT2D eigenvalue weighted by atomic mass is 9.92. The van der Waals surface area contributed by atoms with Gasteiger partial charge in [-0.2, -0.15) is 4.98 Å². The Hall–Kier alpha value is -3.42. The lowest BCUT2D eigenvalue weighted by molar-refractivity contribution is -0.102. The second-order valence-electron chi connectivity index (χ2n) is 8.29. The Balaban J connectivity index is 1.43. The molecule has 7 nitrogen and oxygen atoms in total. The van der Waals surface area contributed by atoms with Crippen molar-refractivity contribution in [3.8, 4) is 28.3 Å². The van der Waals surface area contributed by atoms with E-state index in [0.29, 0.717) is 38.9 Å². The van der Waals surface area contributed by atoms with Crippen molar-refractivity contribution in [2.45, 2.75) is 26.0 Å². The molecule has 0 radical (unpaired) electrons. The molecule has 2 aliphatic rings. The molecule has 1 atom stereocenters. The van der Waals surface area contributed by atoms with Crippen molar-refractivity contribution in [1.29, 1.82) is 0 Å². The fourth-order valence-corrected chi connectivity index (χ4v) is 4.39. The van der Waals surface area contributed by atoms with E-state index in [1.54, 1.807) is 10.8 Å². The number of rotatable bonds is 6. The molecule has 0 aliphatic carbocycles. The van der Waals surface area contributed by atoms with Crippen LogP contribution in [0.15, 0.2) is 60.0 Å². The lowest BCUT2D eigenvalue weighted by Crippen LogP contribution is -2.34. The molecule has 0 spiro atoms. The molecule has 2 aliphatic heterocycles. The van der Waals surface area contributed by atoms with Crippen LogP contribution in [-0.2, 0) is 22.4 Å². The zero-order valence-electron chi connectivity index (χ0n) is 18.7. The third-order valence-corrected chi connectivity index (χ3v) is 6.09. The van der Waals surface area contributed by atoms with Gasteiger partial charge in [0, 0.05) is 23.9 Å². The van der Waals surface area contributed by atoms with Crippen molar-refractivity contribution in [1.82, 2.24) is 9.55 Å². The summed E-state index contributed by atoms with van der Waals surface area (Å²) in [6.45, 7) is 8.35. The van der Waals surface area contributed by atoms with Crippen molar-refractivity contribution in [3.63, 3.8) is 0 Å². The van der Waals surface area contributed by atoms with E-state index in [-0.39, 0.29) is 11.8 Å². The third-order valence-electron chi connectivity index (χ3n) is 6.09. The molecule has 3 heterocycles. The summed E-state index contributed by atoms with van der Waals surface area (Å²) in [5, 5.41) is 3.16. The van der Waals surface area contributed by atoms with E-state index in [2.05, 4.69) is 60.2 Å². The Morgan fingerprint density at radius 2 is 2.06 bits per heavy atom. The van der Waals surface area contributed by atoms with Gasteiger partial charge in [0.1, 0.15) is 12.7 Å².